The maximum atomic E-state index is 10.9. The van der Waals surface area contributed by atoms with E-state index in [1.807, 2.05) is 0 Å². The standard InChI is InChI=1S/C10H9ClN4O3S/c11-9-8(12)10(14-5-13-9)15-6-1-3-7(4-2-6)19(16,17)18/h1-5H,12H2,(H,13,14,15)(H,16,17,18). The Hall–Kier alpha value is -1.90. The van der Waals surface area contributed by atoms with Gasteiger partial charge in [-0.3, -0.25) is 4.55 Å². The van der Waals surface area contributed by atoms with Crippen molar-refractivity contribution < 1.29 is 13.0 Å². The SMILES string of the molecule is Nc1c(Cl)ncnc1Nc1ccc(S(=O)(=O)O)cc1. The first-order valence-electron chi connectivity index (χ1n) is 4.98. The topological polar surface area (TPSA) is 118 Å². The van der Waals surface area contributed by atoms with E-state index >= 15 is 0 Å². The summed E-state index contributed by atoms with van der Waals surface area (Å²) >= 11 is 5.74. The molecule has 0 saturated heterocycles. The first-order chi connectivity index (χ1) is 8.88. The molecule has 0 radical (unpaired) electrons. The number of hydrogen-bond donors (Lipinski definition) is 3. The zero-order valence-corrected chi connectivity index (χ0v) is 11.0. The number of hydrogen-bond acceptors (Lipinski definition) is 6. The Morgan fingerprint density at radius 3 is 2.42 bits per heavy atom. The van der Waals surface area contributed by atoms with Crippen LogP contribution in [-0.2, 0) is 10.1 Å². The van der Waals surface area contributed by atoms with Crippen molar-refractivity contribution in [2.75, 3.05) is 11.1 Å². The molecule has 0 bridgehead atoms. The van der Waals surface area contributed by atoms with Gasteiger partial charge in [-0.2, -0.15) is 8.42 Å². The fraction of sp³-hybridized carbons (Fsp3) is 0. The highest BCUT2D eigenvalue weighted by Crippen LogP contribution is 2.25. The van der Waals surface area contributed by atoms with Gasteiger partial charge in [-0.1, -0.05) is 11.6 Å². The number of nitrogens with one attached hydrogen (secondary N) is 1. The Balaban J connectivity index is 2.27. The van der Waals surface area contributed by atoms with Crippen molar-refractivity contribution in [2.24, 2.45) is 0 Å². The zero-order chi connectivity index (χ0) is 14.0. The maximum Gasteiger partial charge on any atom is 0.294 e. The monoisotopic (exact) mass is 300 g/mol. The fourth-order valence-electron chi connectivity index (χ4n) is 1.32. The van der Waals surface area contributed by atoms with E-state index in [0.29, 0.717) is 11.5 Å². The van der Waals surface area contributed by atoms with Crippen LogP contribution in [0.3, 0.4) is 0 Å². The molecule has 0 aliphatic carbocycles. The average molecular weight is 301 g/mol. The molecule has 19 heavy (non-hydrogen) atoms. The van der Waals surface area contributed by atoms with Crippen molar-refractivity contribution in [3.8, 4) is 0 Å². The van der Waals surface area contributed by atoms with Gasteiger partial charge in [0.2, 0.25) is 0 Å². The average Bonchev–Trinajstić information content (AvgIpc) is 2.35. The van der Waals surface area contributed by atoms with E-state index in [4.69, 9.17) is 21.9 Å². The second-order valence-electron chi connectivity index (χ2n) is 3.55. The minimum absolute atomic E-state index is 0.118. The third-order valence-electron chi connectivity index (χ3n) is 2.25. The van der Waals surface area contributed by atoms with Crippen LogP contribution in [0, 0.1) is 0 Å². The van der Waals surface area contributed by atoms with Crippen molar-refractivity contribution in [2.45, 2.75) is 4.90 Å². The molecule has 1 heterocycles. The predicted molar refractivity (Wildman–Crippen MR) is 71.0 cm³/mol. The number of halogens is 1. The van der Waals surface area contributed by atoms with Gasteiger partial charge in [0, 0.05) is 5.69 Å². The fourth-order valence-corrected chi connectivity index (χ4v) is 1.93. The van der Waals surface area contributed by atoms with E-state index in [1.165, 1.54) is 30.6 Å². The third-order valence-corrected chi connectivity index (χ3v) is 3.42. The zero-order valence-electron chi connectivity index (χ0n) is 9.41. The number of anilines is 3. The molecule has 0 atom stereocenters. The molecule has 0 aliphatic rings. The molecule has 100 valence electrons. The van der Waals surface area contributed by atoms with Crippen molar-refractivity contribution in [3.63, 3.8) is 0 Å². The van der Waals surface area contributed by atoms with Crippen molar-refractivity contribution in [3.05, 3.63) is 35.7 Å². The van der Waals surface area contributed by atoms with Gasteiger partial charge in [-0.25, -0.2) is 9.97 Å². The van der Waals surface area contributed by atoms with Crippen LogP contribution in [0.1, 0.15) is 0 Å². The summed E-state index contributed by atoms with van der Waals surface area (Å²) in [5.74, 6) is 0.305. The van der Waals surface area contributed by atoms with Crippen molar-refractivity contribution in [1.82, 2.24) is 9.97 Å². The summed E-state index contributed by atoms with van der Waals surface area (Å²) in [6, 6.07) is 5.41. The van der Waals surface area contributed by atoms with Crippen LogP contribution in [-0.4, -0.2) is 22.9 Å². The molecule has 9 heteroatoms. The highest BCUT2D eigenvalue weighted by molar-refractivity contribution is 7.85. The van der Waals surface area contributed by atoms with Crippen LogP contribution in [0.4, 0.5) is 17.2 Å². The van der Waals surface area contributed by atoms with Crippen LogP contribution in [0.15, 0.2) is 35.5 Å². The Bertz CT molecular complexity index is 703. The summed E-state index contributed by atoms with van der Waals surface area (Å²) in [6.45, 7) is 0. The maximum absolute atomic E-state index is 10.9. The number of nitrogens with two attached hydrogens (primary N) is 1. The normalized spacial score (nSPS) is 11.3. The minimum Gasteiger partial charge on any atom is -0.393 e. The third kappa shape index (κ3) is 3.11. The molecule has 0 amide bonds. The molecule has 4 N–H and O–H groups in total. The van der Waals surface area contributed by atoms with E-state index in [9.17, 15) is 8.42 Å². The van der Waals surface area contributed by atoms with Gasteiger partial charge >= 0.3 is 0 Å². The van der Waals surface area contributed by atoms with Crippen LogP contribution >= 0.6 is 11.6 Å². The van der Waals surface area contributed by atoms with E-state index in [0.717, 1.165) is 0 Å². The quantitative estimate of drug-likeness (QED) is 0.583. The van der Waals surface area contributed by atoms with Crippen LogP contribution < -0.4 is 11.1 Å². The first kappa shape index (κ1) is 13.5. The lowest BCUT2D eigenvalue weighted by atomic mass is 10.3. The number of rotatable bonds is 3. The smallest absolute Gasteiger partial charge is 0.294 e. The lowest BCUT2D eigenvalue weighted by Crippen LogP contribution is -2.02. The molecule has 0 spiro atoms. The van der Waals surface area contributed by atoms with E-state index in [-0.39, 0.29) is 15.7 Å². The van der Waals surface area contributed by atoms with Gasteiger partial charge in [-0.05, 0) is 24.3 Å². The van der Waals surface area contributed by atoms with Crippen LogP contribution in [0.5, 0.6) is 0 Å². The minimum atomic E-state index is -4.21. The number of benzene rings is 1. The molecular weight excluding hydrogens is 292 g/mol. The van der Waals surface area contributed by atoms with Gasteiger partial charge < -0.3 is 11.1 Å². The van der Waals surface area contributed by atoms with Crippen molar-refractivity contribution >= 4 is 38.9 Å². The Morgan fingerprint density at radius 1 is 1.21 bits per heavy atom. The summed E-state index contributed by atoms with van der Waals surface area (Å²) in [6.07, 6.45) is 1.24. The highest BCUT2D eigenvalue weighted by atomic mass is 35.5. The number of aromatic nitrogens is 2. The predicted octanol–water partition coefficient (Wildman–Crippen LogP) is 1.70. The molecule has 2 rings (SSSR count). The molecule has 0 unspecified atom stereocenters. The Morgan fingerprint density at radius 2 is 1.84 bits per heavy atom. The lowest BCUT2D eigenvalue weighted by molar-refractivity contribution is 0.483. The van der Waals surface area contributed by atoms with Gasteiger partial charge in [0.15, 0.2) is 11.0 Å². The highest BCUT2D eigenvalue weighted by Gasteiger charge is 2.10. The largest absolute Gasteiger partial charge is 0.393 e. The molecule has 0 aliphatic heterocycles. The number of nitrogens with zero attached hydrogens (tertiary/aromatic N) is 2. The Labute approximate surface area is 114 Å². The summed E-state index contributed by atoms with van der Waals surface area (Å²) in [4.78, 5) is 7.41. The second-order valence-corrected chi connectivity index (χ2v) is 5.33. The van der Waals surface area contributed by atoms with Gasteiger partial charge in [-0.15, -0.1) is 0 Å². The van der Waals surface area contributed by atoms with Gasteiger partial charge in [0.1, 0.15) is 12.0 Å². The summed E-state index contributed by atoms with van der Waals surface area (Å²) < 4.78 is 30.6. The van der Waals surface area contributed by atoms with Gasteiger partial charge in [0.05, 0.1) is 4.90 Å². The molecule has 0 saturated carbocycles. The molecule has 7 nitrogen and oxygen atoms in total. The summed E-state index contributed by atoms with van der Waals surface area (Å²) in [7, 11) is -4.21. The molecule has 1 aromatic heterocycles. The summed E-state index contributed by atoms with van der Waals surface area (Å²) in [5.41, 5.74) is 6.39. The molecular formula is C10H9ClN4O3S. The summed E-state index contributed by atoms with van der Waals surface area (Å²) in [5, 5.41) is 2.97. The number of nitrogen functional groups attached to an aromatic ring is 1. The van der Waals surface area contributed by atoms with E-state index in [1.54, 1.807) is 0 Å². The molecule has 0 fully saturated rings. The van der Waals surface area contributed by atoms with E-state index in [2.05, 4.69) is 15.3 Å². The van der Waals surface area contributed by atoms with Gasteiger partial charge in [0.25, 0.3) is 10.1 Å². The molecule has 1 aromatic carbocycles. The van der Waals surface area contributed by atoms with Crippen LogP contribution in [0.25, 0.3) is 0 Å². The lowest BCUT2D eigenvalue weighted by Gasteiger charge is -2.08. The first-order valence-corrected chi connectivity index (χ1v) is 6.80. The second kappa shape index (κ2) is 5.00. The Kier molecular flexibility index (Phi) is 3.56. The molecule has 2 aromatic rings. The van der Waals surface area contributed by atoms with Crippen molar-refractivity contribution in [1.29, 1.82) is 0 Å². The van der Waals surface area contributed by atoms with E-state index < -0.39 is 10.1 Å². The van der Waals surface area contributed by atoms with Crippen LogP contribution in [0.2, 0.25) is 5.15 Å².